The van der Waals surface area contributed by atoms with Gasteiger partial charge in [0.1, 0.15) is 23.5 Å². The second kappa shape index (κ2) is 6.17. The van der Waals surface area contributed by atoms with Crippen molar-refractivity contribution in [2.45, 2.75) is 25.6 Å². The Hall–Kier alpha value is -2.02. The van der Waals surface area contributed by atoms with Gasteiger partial charge in [0, 0.05) is 18.4 Å². The van der Waals surface area contributed by atoms with Gasteiger partial charge in [-0.3, -0.25) is 0 Å². The Morgan fingerprint density at radius 2 is 2.00 bits per heavy atom. The van der Waals surface area contributed by atoms with Gasteiger partial charge < -0.3 is 14.3 Å². The van der Waals surface area contributed by atoms with Crippen LogP contribution in [0, 0.1) is 0 Å². The van der Waals surface area contributed by atoms with Crippen molar-refractivity contribution in [1.82, 2.24) is 0 Å². The van der Waals surface area contributed by atoms with E-state index >= 15 is 0 Å². The predicted octanol–water partition coefficient (Wildman–Crippen LogP) is 3.99. The van der Waals surface area contributed by atoms with Gasteiger partial charge in [-0.1, -0.05) is 18.2 Å². The summed E-state index contributed by atoms with van der Waals surface area (Å²) in [5.41, 5.74) is 0.394. The van der Waals surface area contributed by atoms with Crippen LogP contribution < -0.4 is 0 Å². The van der Waals surface area contributed by atoms with Gasteiger partial charge in [0.15, 0.2) is 0 Å². The largest absolute Gasteiger partial charge is 0.478 e. The lowest BCUT2D eigenvalue weighted by molar-refractivity contribution is -0.138. The number of hydrogen-bond donors (Lipinski definition) is 1. The number of aromatic carboxylic acids is 1. The van der Waals surface area contributed by atoms with Crippen LogP contribution in [0.3, 0.4) is 0 Å². The highest BCUT2D eigenvalue weighted by Crippen LogP contribution is 2.27. The number of carbonyl (C=O) groups is 1. The highest BCUT2D eigenvalue weighted by molar-refractivity contribution is 6.03. The molecule has 0 aliphatic rings. The Balaban J connectivity index is 2.02. The summed E-state index contributed by atoms with van der Waals surface area (Å²) in [6, 6.07) is 6.61. The SMILES string of the molecule is O=C(O)c1c(COCCCC(F)(F)F)oc2ccccc12. The number of alkyl halides is 3. The van der Waals surface area contributed by atoms with Crippen LogP contribution >= 0.6 is 0 Å². The van der Waals surface area contributed by atoms with Crippen molar-refractivity contribution < 1.29 is 32.2 Å². The quantitative estimate of drug-likeness (QED) is 0.820. The molecular weight excluding hydrogens is 289 g/mol. The lowest BCUT2D eigenvalue weighted by Gasteiger charge is -2.06. The van der Waals surface area contributed by atoms with E-state index in [-0.39, 0.29) is 31.0 Å². The Kier molecular flexibility index (Phi) is 4.52. The predicted molar refractivity (Wildman–Crippen MR) is 68.1 cm³/mol. The summed E-state index contributed by atoms with van der Waals surface area (Å²) in [6.07, 6.45) is -5.32. The number of halogens is 3. The molecule has 0 unspecified atom stereocenters. The van der Waals surface area contributed by atoms with Crippen LogP contribution in [-0.4, -0.2) is 23.9 Å². The summed E-state index contributed by atoms with van der Waals surface area (Å²) in [6.45, 7) is -0.288. The van der Waals surface area contributed by atoms with E-state index in [4.69, 9.17) is 9.15 Å². The Labute approximate surface area is 118 Å². The number of hydrogen-bond acceptors (Lipinski definition) is 3. The number of ether oxygens (including phenoxy) is 1. The van der Waals surface area contributed by atoms with E-state index in [1.807, 2.05) is 0 Å². The smallest absolute Gasteiger partial charge is 0.389 e. The Morgan fingerprint density at radius 1 is 1.29 bits per heavy atom. The third-order valence-electron chi connectivity index (χ3n) is 2.86. The summed E-state index contributed by atoms with van der Waals surface area (Å²) < 4.78 is 46.3. The summed E-state index contributed by atoms with van der Waals surface area (Å²) in [4.78, 5) is 11.3. The summed E-state index contributed by atoms with van der Waals surface area (Å²) in [7, 11) is 0. The van der Waals surface area contributed by atoms with Crippen LogP contribution in [0.15, 0.2) is 28.7 Å². The molecule has 4 nitrogen and oxygen atoms in total. The van der Waals surface area contributed by atoms with Crippen LogP contribution in [0.1, 0.15) is 29.0 Å². The highest BCUT2D eigenvalue weighted by atomic mass is 19.4. The van der Waals surface area contributed by atoms with Crippen molar-refractivity contribution in [3.63, 3.8) is 0 Å². The van der Waals surface area contributed by atoms with Crippen LogP contribution in [0.25, 0.3) is 11.0 Å². The highest BCUT2D eigenvalue weighted by Gasteiger charge is 2.26. The van der Waals surface area contributed by atoms with Crippen LogP contribution in [0.5, 0.6) is 0 Å². The third-order valence-corrected chi connectivity index (χ3v) is 2.86. The van der Waals surface area contributed by atoms with Gasteiger partial charge in [-0.25, -0.2) is 4.79 Å². The monoisotopic (exact) mass is 302 g/mol. The van der Waals surface area contributed by atoms with E-state index in [2.05, 4.69) is 0 Å². The van der Waals surface area contributed by atoms with Gasteiger partial charge >= 0.3 is 12.1 Å². The zero-order valence-corrected chi connectivity index (χ0v) is 10.9. The van der Waals surface area contributed by atoms with Gasteiger partial charge in [-0.05, 0) is 12.5 Å². The minimum Gasteiger partial charge on any atom is -0.478 e. The molecule has 0 radical (unpaired) electrons. The molecule has 0 atom stereocenters. The lowest BCUT2D eigenvalue weighted by atomic mass is 10.1. The molecule has 0 saturated carbocycles. The fourth-order valence-corrected chi connectivity index (χ4v) is 1.97. The first kappa shape index (κ1) is 15.4. The number of furan rings is 1. The van der Waals surface area contributed by atoms with Crippen LogP contribution in [-0.2, 0) is 11.3 Å². The molecule has 0 bridgehead atoms. The number of fused-ring (bicyclic) bond motifs is 1. The van der Waals surface area contributed by atoms with E-state index < -0.39 is 18.6 Å². The standard InChI is InChI=1S/C14H13F3O4/c15-14(16,17)6-3-7-20-8-11-12(13(18)19)9-4-1-2-5-10(9)21-11/h1-2,4-5H,3,6-8H2,(H,18,19). The average molecular weight is 302 g/mol. The fraction of sp³-hybridized carbons (Fsp3) is 0.357. The van der Waals surface area contributed by atoms with Gasteiger partial charge in [0.25, 0.3) is 0 Å². The molecule has 114 valence electrons. The van der Waals surface area contributed by atoms with Crippen molar-refractivity contribution in [3.8, 4) is 0 Å². The molecule has 1 aromatic heterocycles. The molecule has 0 amide bonds. The first-order chi connectivity index (χ1) is 9.88. The minimum absolute atomic E-state index is 0.0126. The van der Waals surface area contributed by atoms with Crippen molar-refractivity contribution in [2.24, 2.45) is 0 Å². The normalized spacial score (nSPS) is 12.0. The maximum absolute atomic E-state index is 12.0. The van der Waals surface area contributed by atoms with Crippen molar-refractivity contribution in [1.29, 1.82) is 0 Å². The summed E-state index contributed by atoms with van der Waals surface area (Å²) >= 11 is 0. The molecule has 1 heterocycles. The zero-order valence-electron chi connectivity index (χ0n) is 10.9. The number of rotatable bonds is 6. The topological polar surface area (TPSA) is 59.7 Å². The lowest BCUT2D eigenvalue weighted by Crippen LogP contribution is -2.09. The maximum Gasteiger partial charge on any atom is 0.389 e. The third kappa shape index (κ3) is 3.98. The van der Waals surface area contributed by atoms with E-state index in [1.54, 1.807) is 24.3 Å². The molecule has 1 aromatic carbocycles. The molecule has 2 rings (SSSR count). The minimum atomic E-state index is -4.21. The Bertz CT molecular complexity index is 631. The summed E-state index contributed by atoms with van der Waals surface area (Å²) in [5.74, 6) is -1.05. The molecule has 1 N–H and O–H groups in total. The van der Waals surface area contributed by atoms with E-state index in [9.17, 15) is 23.1 Å². The maximum atomic E-state index is 12.0. The molecule has 2 aromatic rings. The molecule has 0 spiro atoms. The van der Waals surface area contributed by atoms with E-state index in [0.29, 0.717) is 11.0 Å². The number of para-hydroxylation sites is 1. The van der Waals surface area contributed by atoms with Crippen LogP contribution in [0.4, 0.5) is 13.2 Å². The second-order valence-corrected chi connectivity index (χ2v) is 4.47. The number of carboxylic acid groups (broad SMARTS) is 1. The van der Waals surface area contributed by atoms with Crippen molar-refractivity contribution in [3.05, 3.63) is 35.6 Å². The molecular formula is C14H13F3O4. The summed E-state index contributed by atoms with van der Waals surface area (Å²) in [5, 5.41) is 9.64. The molecule has 0 aliphatic carbocycles. The van der Waals surface area contributed by atoms with Crippen molar-refractivity contribution >= 4 is 16.9 Å². The second-order valence-electron chi connectivity index (χ2n) is 4.47. The molecule has 0 fully saturated rings. The molecule has 21 heavy (non-hydrogen) atoms. The van der Waals surface area contributed by atoms with Crippen LogP contribution in [0.2, 0.25) is 0 Å². The van der Waals surface area contributed by atoms with Gasteiger partial charge in [0.2, 0.25) is 0 Å². The zero-order chi connectivity index (χ0) is 15.5. The first-order valence-electron chi connectivity index (χ1n) is 6.26. The first-order valence-corrected chi connectivity index (χ1v) is 6.26. The van der Waals surface area contributed by atoms with Gasteiger partial charge in [-0.15, -0.1) is 0 Å². The van der Waals surface area contributed by atoms with E-state index in [0.717, 1.165) is 0 Å². The Morgan fingerprint density at radius 3 is 2.67 bits per heavy atom. The number of benzene rings is 1. The average Bonchev–Trinajstić information content (AvgIpc) is 2.75. The molecule has 0 aliphatic heterocycles. The number of carboxylic acids is 1. The van der Waals surface area contributed by atoms with Gasteiger partial charge in [0.05, 0.1) is 0 Å². The molecule has 0 saturated heterocycles. The van der Waals surface area contributed by atoms with Gasteiger partial charge in [-0.2, -0.15) is 13.2 Å². The fourth-order valence-electron chi connectivity index (χ4n) is 1.97. The van der Waals surface area contributed by atoms with E-state index in [1.165, 1.54) is 0 Å². The molecule has 7 heteroatoms. The van der Waals surface area contributed by atoms with Crippen molar-refractivity contribution in [2.75, 3.05) is 6.61 Å².